The number of thioether (sulfide) groups is 1. The van der Waals surface area contributed by atoms with Crippen molar-refractivity contribution in [3.63, 3.8) is 0 Å². The van der Waals surface area contributed by atoms with E-state index in [0.29, 0.717) is 29.1 Å². The molecule has 120 valence electrons. The average Bonchev–Trinajstić information content (AvgIpc) is 3.07. The van der Waals surface area contributed by atoms with Crippen LogP contribution in [0.1, 0.15) is 38.5 Å². The first kappa shape index (κ1) is 16.5. The molecule has 8 heteroatoms. The van der Waals surface area contributed by atoms with Crippen LogP contribution >= 0.6 is 11.8 Å². The summed E-state index contributed by atoms with van der Waals surface area (Å²) in [6, 6.07) is 2.03. The van der Waals surface area contributed by atoms with Crippen molar-refractivity contribution < 1.29 is 9.32 Å². The average molecular weight is 323 g/mol. The van der Waals surface area contributed by atoms with Crippen molar-refractivity contribution in [2.75, 3.05) is 11.1 Å². The summed E-state index contributed by atoms with van der Waals surface area (Å²) in [5.74, 6) is 3.07. The van der Waals surface area contributed by atoms with Gasteiger partial charge in [0.25, 0.3) is 0 Å². The Bertz CT molecular complexity index is 622. The van der Waals surface area contributed by atoms with Gasteiger partial charge >= 0.3 is 0 Å². The van der Waals surface area contributed by atoms with Gasteiger partial charge in [0, 0.05) is 6.07 Å². The summed E-state index contributed by atoms with van der Waals surface area (Å²) < 4.78 is 6.84. The van der Waals surface area contributed by atoms with Crippen molar-refractivity contribution in [3.05, 3.63) is 24.0 Å². The fraction of sp³-hybridized carbons (Fsp3) is 0.571. The molecule has 2 heterocycles. The monoisotopic (exact) mass is 323 g/mol. The summed E-state index contributed by atoms with van der Waals surface area (Å²) in [4.78, 5) is 16.1. The molecule has 1 amide bonds. The van der Waals surface area contributed by atoms with Crippen molar-refractivity contribution in [2.45, 2.75) is 39.5 Å². The molecule has 0 aliphatic heterocycles. The van der Waals surface area contributed by atoms with Crippen LogP contribution in [-0.4, -0.2) is 31.6 Å². The highest BCUT2D eigenvalue weighted by Gasteiger charge is 2.15. The number of nitrogens with one attached hydrogen (secondary N) is 1. The molecular weight excluding hydrogens is 302 g/mol. The Hall–Kier alpha value is -1.83. The lowest BCUT2D eigenvalue weighted by Gasteiger charge is -2.19. The maximum atomic E-state index is 12.0. The molecule has 0 unspecified atom stereocenters. The number of anilines is 1. The van der Waals surface area contributed by atoms with Crippen LogP contribution in [0.15, 0.2) is 16.8 Å². The van der Waals surface area contributed by atoms with E-state index in [1.165, 1.54) is 11.8 Å². The summed E-state index contributed by atoms with van der Waals surface area (Å²) in [6.07, 6.45) is 1.70. The van der Waals surface area contributed by atoms with Gasteiger partial charge < -0.3 is 9.84 Å². The topological polar surface area (TPSA) is 85.8 Å². The maximum Gasteiger partial charge on any atom is 0.236 e. The van der Waals surface area contributed by atoms with Gasteiger partial charge in [0.2, 0.25) is 11.8 Å². The van der Waals surface area contributed by atoms with Gasteiger partial charge in [0.15, 0.2) is 5.82 Å². The third-order valence-corrected chi connectivity index (χ3v) is 4.23. The van der Waals surface area contributed by atoms with E-state index in [0.717, 1.165) is 5.82 Å². The predicted octanol–water partition coefficient (Wildman–Crippen LogP) is 2.66. The quantitative estimate of drug-likeness (QED) is 0.843. The van der Waals surface area contributed by atoms with E-state index in [1.807, 2.05) is 10.7 Å². The minimum absolute atomic E-state index is 0.0704. The molecule has 0 spiro atoms. The third-order valence-electron chi connectivity index (χ3n) is 3.32. The van der Waals surface area contributed by atoms with Crippen LogP contribution in [0.3, 0.4) is 0 Å². The Morgan fingerprint density at radius 1 is 1.45 bits per heavy atom. The number of aryl methyl sites for hydroxylation is 1. The van der Waals surface area contributed by atoms with Crippen LogP contribution in [0.2, 0.25) is 0 Å². The van der Waals surface area contributed by atoms with Gasteiger partial charge in [-0.1, -0.05) is 19.0 Å². The highest BCUT2D eigenvalue weighted by molar-refractivity contribution is 7.99. The highest BCUT2D eigenvalue weighted by Crippen LogP contribution is 2.21. The van der Waals surface area contributed by atoms with E-state index >= 15 is 0 Å². The zero-order chi connectivity index (χ0) is 16.1. The number of carbonyl (C=O) groups excluding carboxylic acids is 1. The molecule has 7 nitrogen and oxygen atoms in total. The summed E-state index contributed by atoms with van der Waals surface area (Å²) in [6.45, 7) is 8.10. The SMILES string of the molecule is Cc1noc(CSCC(=O)Nc2ccnn2[C@@H](C)C(C)C)n1. The van der Waals surface area contributed by atoms with E-state index in [1.54, 1.807) is 13.1 Å². The second-order valence-electron chi connectivity index (χ2n) is 5.42. The van der Waals surface area contributed by atoms with E-state index in [2.05, 4.69) is 41.3 Å². The van der Waals surface area contributed by atoms with Gasteiger partial charge in [-0.05, 0) is 19.8 Å². The van der Waals surface area contributed by atoms with Crippen molar-refractivity contribution in [3.8, 4) is 0 Å². The standard InChI is InChI=1S/C14H21N5O2S/c1-9(2)10(3)19-12(5-6-15-19)17-13(20)7-22-8-14-16-11(4)18-21-14/h5-6,9-10H,7-8H2,1-4H3,(H,17,20)/t10-/m0/s1. The number of nitrogens with zero attached hydrogens (tertiary/aromatic N) is 4. The molecule has 0 saturated carbocycles. The first-order chi connectivity index (χ1) is 10.5. The molecule has 0 aromatic carbocycles. The van der Waals surface area contributed by atoms with Crippen molar-refractivity contribution >= 4 is 23.5 Å². The summed E-state index contributed by atoms with van der Waals surface area (Å²) in [7, 11) is 0. The van der Waals surface area contributed by atoms with Crippen LogP contribution < -0.4 is 5.32 Å². The largest absolute Gasteiger partial charge is 0.338 e. The Labute approximate surface area is 133 Å². The fourth-order valence-corrected chi connectivity index (χ4v) is 2.48. The van der Waals surface area contributed by atoms with Crippen LogP contribution in [0.25, 0.3) is 0 Å². The molecule has 2 aromatic rings. The lowest BCUT2D eigenvalue weighted by Crippen LogP contribution is -2.21. The number of aromatic nitrogens is 4. The van der Waals surface area contributed by atoms with Crippen molar-refractivity contribution in [2.24, 2.45) is 5.92 Å². The number of hydrogen-bond acceptors (Lipinski definition) is 6. The number of amides is 1. The lowest BCUT2D eigenvalue weighted by atomic mass is 10.1. The molecule has 1 atom stereocenters. The minimum Gasteiger partial charge on any atom is -0.338 e. The Balaban J connectivity index is 1.83. The normalized spacial score (nSPS) is 12.6. The molecule has 0 radical (unpaired) electrons. The molecule has 1 N–H and O–H groups in total. The molecular formula is C14H21N5O2S. The van der Waals surface area contributed by atoms with Crippen LogP contribution in [0, 0.1) is 12.8 Å². The van der Waals surface area contributed by atoms with Gasteiger partial charge in [-0.25, -0.2) is 4.68 Å². The molecule has 0 aliphatic carbocycles. The van der Waals surface area contributed by atoms with E-state index in [-0.39, 0.29) is 11.9 Å². The molecule has 22 heavy (non-hydrogen) atoms. The van der Waals surface area contributed by atoms with Gasteiger partial charge in [0.05, 0.1) is 23.7 Å². The molecule has 0 bridgehead atoms. The summed E-state index contributed by atoms with van der Waals surface area (Å²) in [5.41, 5.74) is 0. The first-order valence-electron chi connectivity index (χ1n) is 7.17. The molecule has 0 aliphatic rings. The zero-order valence-electron chi connectivity index (χ0n) is 13.2. The van der Waals surface area contributed by atoms with Gasteiger partial charge in [-0.3, -0.25) is 4.79 Å². The van der Waals surface area contributed by atoms with Crippen molar-refractivity contribution in [1.82, 2.24) is 19.9 Å². The maximum absolute atomic E-state index is 12.0. The fourth-order valence-electron chi connectivity index (χ4n) is 1.83. The third kappa shape index (κ3) is 4.33. The Morgan fingerprint density at radius 2 is 2.23 bits per heavy atom. The molecule has 0 fully saturated rings. The van der Waals surface area contributed by atoms with E-state index < -0.39 is 0 Å². The second kappa shape index (κ2) is 7.44. The van der Waals surface area contributed by atoms with Crippen molar-refractivity contribution in [1.29, 1.82) is 0 Å². The Morgan fingerprint density at radius 3 is 2.86 bits per heavy atom. The van der Waals surface area contributed by atoms with Crippen LogP contribution in [-0.2, 0) is 10.5 Å². The second-order valence-corrected chi connectivity index (χ2v) is 6.41. The predicted molar refractivity (Wildman–Crippen MR) is 85.6 cm³/mol. The van der Waals surface area contributed by atoms with Gasteiger partial charge in [0.1, 0.15) is 5.82 Å². The molecule has 2 rings (SSSR count). The number of hydrogen-bond donors (Lipinski definition) is 1. The smallest absolute Gasteiger partial charge is 0.236 e. The van der Waals surface area contributed by atoms with Gasteiger partial charge in [-0.2, -0.15) is 10.1 Å². The highest BCUT2D eigenvalue weighted by atomic mass is 32.2. The zero-order valence-corrected chi connectivity index (χ0v) is 14.1. The van der Waals surface area contributed by atoms with Crippen LogP contribution in [0.5, 0.6) is 0 Å². The molecule has 2 aromatic heterocycles. The van der Waals surface area contributed by atoms with Gasteiger partial charge in [-0.15, -0.1) is 11.8 Å². The Kier molecular flexibility index (Phi) is 5.59. The number of carbonyl (C=O) groups is 1. The van der Waals surface area contributed by atoms with E-state index in [4.69, 9.17) is 4.52 Å². The molecule has 0 saturated heterocycles. The number of rotatable bonds is 7. The van der Waals surface area contributed by atoms with E-state index in [9.17, 15) is 4.79 Å². The summed E-state index contributed by atoms with van der Waals surface area (Å²) >= 11 is 1.43. The van der Waals surface area contributed by atoms with Crippen LogP contribution in [0.4, 0.5) is 5.82 Å². The first-order valence-corrected chi connectivity index (χ1v) is 8.33. The lowest BCUT2D eigenvalue weighted by molar-refractivity contribution is -0.113. The minimum atomic E-state index is -0.0704. The summed E-state index contributed by atoms with van der Waals surface area (Å²) in [5, 5.41) is 10.9.